The standard InChI is InChI=1S/C14H27N3O/c1-10(3-6-14(18)16-15)17(2)9-13-8-11-4-5-12(13)7-11/h10-13H,3-9,15H2,1-2H3,(H,16,18). The predicted octanol–water partition coefficient (Wildman–Crippen LogP) is 1.51. The Balaban J connectivity index is 1.70. The van der Waals surface area contributed by atoms with Gasteiger partial charge in [-0.15, -0.1) is 0 Å². The summed E-state index contributed by atoms with van der Waals surface area (Å²) in [5.74, 6) is 7.94. The van der Waals surface area contributed by atoms with E-state index in [4.69, 9.17) is 5.84 Å². The van der Waals surface area contributed by atoms with Crippen molar-refractivity contribution in [1.82, 2.24) is 10.3 Å². The SMILES string of the molecule is CC(CCC(=O)NN)N(C)CC1CC2CCC1C2. The highest BCUT2D eigenvalue weighted by Gasteiger charge is 2.39. The van der Waals surface area contributed by atoms with Crippen LogP contribution in [0.1, 0.15) is 45.4 Å². The van der Waals surface area contributed by atoms with E-state index in [1.807, 2.05) is 0 Å². The molecule has 1 amide bonds. The van der Waals surface area contributed by atoms with Crippen molar-refractivity contribution in [2.45, 2.75) is 51.5 Å². The summed E-state index contributed by atoms with van der Waals surface area (Å²) in [7, 11) is 2.19. The highest BCUT2D eigenvalue weighted by atomic mass is 16.2. The molecule has 4 atom stereocenters. The van der Waals surface area contributed by atoms with Crippen LogP contribution < -0.4 is 11.3 Å². The molecule has 0 saturated heterocycles. The van der Waals surface area contributed by atoms with Crippen molar-refractivity contribution in [3.05, 3.63) is 0 Å². The van der Waals surface area contributed by atoms with Crippen LogP contribution in [0.25, 0.3) is 0 Å². The maximum atomic E-state index is 11.1. The number of nitrogens with zero attached hydrogens (tertiary/aromatic N) is 1. The minimum atomic E-state index is -0.0600. The van der Waals surface area contributed by atoms with Gasteiger partial charge in [0.2, 0.25) is 5.91 Å². The molecule has 4 heteroatoms. The molecule has 2 bridgehead atoms. The molecule has 0 spiro atoms. The second kappa shape index (κ2) is 6.02. The van der Waals surface area contributed by atoms with Crippen molar-refractivity contribution >= 4 is 5.91 Å². The molecule has 104 valence electrons. The number of hydrazine groups is 1. The van der Waals surface area contributed by atoms with Crippen LogP contribution in [-0.2, 0) is 4.79 Å². The molecule has 3 N–H and O–H groups in total. The van der Waals surface area contributed by atoms with Gasteiger partial charge in [-0.1, -0.05) is 6.42 Å². The molecule has 2 rings (SSSR count). The molecule has 18 heavy (non-hydrogen) atoms. The lowest BCUT2D eigenvalue weighted by atomic mass is 9.88. The van der Waals surface area contributed by atoms with Crippen LogP contribution in [0.5, 0.6) is 0 Å². The van der Waals surface area contributed by atoms with Gasteiger partial charge in [-0.25, -0.2) is 5.84 Å². The molecule has 2 fully saturated rings. The molecule has 4 unspecified atom stereocenters. The average molecular weight is 253 g/mol. The summed E-state index contributed by atoms with van der Waals surface area (Å²) in [6, 6.07) is 0.460. The Labute approximate surface area is 110 Å². The maximum Gasteiger partial charge on any atom is 0.233 e. The number of amides is 1. The van der Waals surface area contributed by atoms with Gasteiger partial charge in [-0.2, -0.15) is 0 Å². The highest BCUT2D eigenvalue weighted by Crippen LogP contribution is 2.48. The first-order valence-corrected chi connectivity index (χ1v) is 7.29. The van der Waals surface area contributed by atoms with Gasteiger partial charge in [0.1, 0.15) is 0 Å². The smallest absolute Gasteiger partial charge is 0.233 e. The molecular weight excluding hydrogens is 226 g/mol. The van der Waals surface area contributed by atoms with E-state index in [-0.39, 0.29) is 5.91 Å². The Kier molecular flexibility index (Phi) is 4.62. The lowest BCUT2D eigenvalue weighted by molar-refractivity contribution is -0.121. The number of hydrogen-bond acceptors (Lipinski definition) is 3. The lowest BCUT2D eigenvalue weighted by Crippen LogP contribution is -2.37. The average Bonchev–Trinajstić information content (AvgIpc) is 2.97. The molecule has 4 nitrogen and oxygen atoms in total. The van der Waals surface area contributed by atoms with Crippen LogP contribution in [0.4, 0.5) is 0 Å². The number of nitrogens with one attached hydrogen (secondary N) is 1. The van der Waals surface area contributed by atoms with Crippen LogP contribution in [0.2, 0.25) is 0 Å². The van der Waals surface area contributed by atoms with Crippen LogP contribution in [-0.4, -0.2) is 30.4 Å². The van der Waals surface area contributed by atoms with E-state index in [1.54, 1.807) is 0 Å². The van der Waals surface area contributed by atoms with E-state index in [1.165, 1.54) is 32.2 Å². The summed E-state index contributed by atoms with van der Waals surface area (Å²) in [5.41, 5.74) is 2.20. The van der Waals surface area contributed by atoms with Gasteiger partial charge >= 0.3 is 0 Å². The van der Waals surface area contributed by atoms with Crippen LogP contribution in [0.3, 0.4) is 0 Å². The van der Waals surface area contributed by atoms with Crippen LogP contribution in [0.15, 0.2) is 0 Å². The zero-order chi connectivity index (χ0) is 13.1. The van der Waals surface area contributed by atoms with Crippen LogP contribution in [0, 0.1) is 17.8 Å². The zero-order valence-corrected chi connectivity index (χ0v) is 11.7. The third-order valence-corrected chi connectivity index (χ3v) is 5.11. The zero-order valence-electron chi connectivity index (χ0n) is 11.7. The van der Waals surface area contributed by atoms with Crippen molar-refractivity contribution in [3.8, 4) is 0 Å². The van der Waals surface area contributed by atoms with Crippen molar-refractivity contribution < 1.29 is 4.79 Å². The molecule has 0 aliphatic heterocycles. The van der Waals surface area contributed by atoms with E-state index in [9.17, 15) is 4.79 Å². The number of fused-ring (bicyclic) bond motifs is 2. The van der Waals surface area contributed by atoms with Gasteiger partial charge in [0.25, 0.3) is 0 Å². The first-order valence-electron chi connectivity index (χ1n) is 7.29. The van der Waals surface area contributed by atoms with Gasteiger partial charge in [0.05, 0.1) is 0 Å². The van der Waals surface area contributed by atoms with Crippen molar-refractivity contribution in [1.29, 1.82) is 0 Å². The number of carbonyl (C=O) groups excluding carboxylic acids is 1. The van der Waals surface area contributed by atoms with Crippen molar-refractivity contribution in [2.24, 2.45) is 23.6 Å². The Morgan fingerprint density at radius 1 is 1.44 bits per heavy atom. The summed E-state index contributed by atoms with van der Waals surface area (Å²) < 4.78 is 0. The minimum absolute atomic E-state index is 0.0600. The number of nitrogens with two attached hydrogens (primary N) is 1. The fourth-order valence-corrected chi connectivity index (χ4v) is 3.78. The maximum absolute atomic E-state index is 11.1. The first kappa shape index (κ1) is 13.8. The van der Waals surface area contributed by atoms with E-state index in [0.717, 1.165) is 24.2 Å². The molecule has 0 aromatic carbocycles. The number of hydrogen-bond donors (Lipinski definition) is 2. The molecule has 0 heterocycles. The second-order valence-corrected chi connectivity index (χ2v) is 6.33. The predicted molar refractivity (Wildman–Crippen MR) is 72.6 cm³/mol. The largest absolute Gasteiger partial charge is 0.303 e. The molecule has 2 aliphatic carbocycles. The van der Waals surface area contributed by atoms with E-state index in [2.05, 4.69) is 24.3 Å². The molecule has 0 radical (unpaired) electrons. The third kappa shape index (κ3) is 3.23. The quantitative estimate of drug-likeness (QED) is 0.428. The Hall–Kier alpha value is -0.610. The molecule has 0 aromatic rings. The monoisotopic (exact) mass is 253 g/mol. The Morgan fingerprint density at radius 3 is 2.78 bits per heavy atom. The minimum Gasteiger partial charge on any atom is -0.303 e. The summed E-state index contributed by atoms with van der Waals surface area (Å²) in [6.45, 7) is 3.41. The van der Waals surface area contributed by atoms with Gasteiger partial charge in [0.15, 0.2) is 0 Å². The summed E-state index contributed by atoms with van der Waals surface area (Å²) >= 11 is 0. The van der Waals surface area contributed by atoms with Gasteiger partial charge in [0, 0.05) is 19.0 Å². The Bertz CT molecular complexity index is 295. The number of rotatable bonds is 6. The fourth-order valence-electron chi connectivity index (χ4n) is 3.78. The van der Waals surface area contributed by atoms with Gasteiger partial charge in [-0.3, -0.25) is 10.2 Å². The summed E-state index contributed by atoms with van der Waals surface area (Å²) in [6.07, 6.45) is 7.25. The molecule has 2 saturated carbocycles. The Morgan fingerprint density at radius 2 is 2.22 bits per heavy atom. The van der Waals surface area contributed by atoms with Crippen molar-refractivity contribution in [2.75, 3.05) is 13.6 Å². The third-order valence-electron chi connectivity index (χ3n) is 5.11. The molecule has 2 aliphatic rings. The number of carbonyl (C=O) groups is 1. The van der Waals surface area contributed by atoms with Gasteiger partial charge in [-0.05, 0) is 57.4 Å². The summed E-state index contributed by atoms with van der Waals surface area (Å²) in [4.78, 5) is 13.6. The van der Waals surface area contributed by atoms with E-state index < -0.39 is 0 Å². The van der Waals surface area contributed by atoms with Gasteiger partial charge < -0.3 is 4.90 Å². The molecule has 0 aromatic heterocycles. The topological polar surface area (TPSA) is 58.4 Å². The summed E-state index contributed by atoms with van der Waals surface area (Å²) in [5, 5.41) is 0. The fraction of sp³-hybridized carbons (Fsp3) is 0.929. The molecular formula is C14H27N3O. The first-order chi connectivity index (χ1) is 8.60. The van der Waals surface area contributed by atoms with Crippen LogP contribution >= 0.6 is 0 Å². The normalized spacial score (nSPS) is 31.9. The lowest BCUT2D eigenvalue weighted by Gasteiger charge is -2.31. The van der Waals surface area contributed by atoms with Crippen molar-refractivity contribution in [3.63, 3.8) is 0 Å². The van der Waals surface area contributed by atoms with E-state index in [0.29, 0.717) is 12.5 Å². The van der Waals surface area contributed by atoms with E-state index >= 15 is 0 Å². The highest BCUT2D eigenvalue weighted by molar-refractivity contribution is 5.75. The second-order valence-electron chi connectivity index (χ2n) is 6.33.